The van der Waals surface area contributed by atoms with Gasteiger partial charge in [-0.1, -0.05) is 29.8 Å². The van der Waals surface area contributed by atoms with Crippen LogP contribution in [0.4, 0.5) is 0 Å². The number of hydrogen-bond acceptors (Lipinski definition) is 2. The Balaban J connectivity index is 1.60. The minimum absolute atomic E-state index is 0.0931. The van der Waals surface area contributed by atoms with Crippen molar-refractivity contribution in [3.8, 4) is 0 Å². The van der Waals surface area contributed by atoms with Gasteiger partial charge >= 0.3 is 0 Å². The molecule has 0 saturated carbocycles. The highest BCUT2D eigenvalue weighted by molar-refractivity contribution is 5.99. The van der Waals surface area contributed by atoms with Crippen LogP contribution in [0.3, 0.4) is 0 Å². The third-order valence-corrected chi connectivity index (χ3v) is 5.54. The fraction of sp³-hybridized carbons (Fsp3) is 0.240. The van der Waals surface area contributed by atoms with Crippen LogP contribution in [0.2, 0.25) is 0 Å². The molecule has 0 aliphatic carbocycles. The Labute approximate surface area is 171 Å². The molecule has 0 aliphatic heterocycles. The smallest absolute Gasteiger partial charge is 0.251 e. The van der Waals surface area contributed by atoms with Crippen molar-refractivity contribution < 1.29 is 9.21 Å². The number of fused-ring (bicyclic) bond motifs is 1. The van der Waals surface area contributed by atoms with E-state index in [2.05, 4.69) is 61.0 Å². The van der Waals surface area contributed by atoms with Crippen LogP contribution in [0, 0.1) is 27.7 Å². The molecule has 4 rings (SSSR count). The van der Waals surface area contributed by atoms with Crippen LogP contribution in [-0.2, 0) is 13.1 Å². The quantitative estimate of drug-likeness (QED) is 0.496. The van der Waals surface area contributed by atoms with Crippen molar-refractivity contribution in [2.24, 2.45) is 0 Å². The number of amides is 1. The zero-order valence-corrected chi connectivity index (χ0v) is 17.4. The number of nitrogens with one attached hydrogen (secondary N) is 1. The highest BCUT2D eigenvalue weighted by atomic mass is 16.3. The Morgan fingerprint density at radius 2 is 1.83 bits per heavy atom. The maximum absolute atomic E-state index is 12.6. The summed E-state index contributed by atoms with van der Waals surface area (Å²) >= 11 is 0. The predicted octanol–water partition coefficient (Wildman–Crippen LogP) is 5.45. The van der Waals surface area contributed by atoms with Crippen molar-refractivity contribution in [2.45, 2.75) is 40.8 Å². The van der Waals surface area contributed by atoms with Crippen LogP contribution in [0.5, 0.6) is 0 Å². The summed E-state index contributed by atoms with van der Waals surface area (Å²) in [7, 11) is 0. The van der Waals surface area contributed by atoms with Crippen LogP contribution in [-0.4, -0.2) is 10.5 Å². The molecule has 4 heteroatoms. The normalized spacial score (nSPS) is 11.2. The molecule has 0 atom stereocenters. The van der Waals surface area contributed by atoms with Gasteiger partial charge in [0.2, 0.25) is 0 Å². The van der Waals surface area contributed by atoms with E-state index in [4.69, 9.17) is 4.42 Å². The summed E-state index contributed by atoms with van der Waals surface area (Å²) in [6.45, 7) is 9.48. The fourth-order valence-corrected chi connectivity index (χ4v) is 3.84. The van der Waals surface area contributed by atoms with Crippen molar-refractivity contribution in [1.29, 1.82) is 0 Å². The molecule has 0 radical (unpaired) electrons. The summed E-state index contributed by atoms with van der Waals surface area (Å²) in [6, 6.07) is 18.3. The molecule has 4 nitrogen and oxygen atoms in total. The van der Waals surface area contributed by atoms with E-state index in [-0.39, 0.29) is 5.91 Å². The first kappa shape index (κ1) is 19.1. The lowest BCUT2D eigenvalue weighted by Gasteiger charge is -2.10. The number of aromatic nitrogens is 1. The number of nitrogens with zero attached hydrogens (tertiary/aromatic N) is 1. The number of carbonyl (C=O) groups excluding carboxylic acids is 1. The summed E-state index contributed by atoms with van der Waals surface area (Å²) < 4.78 is 7.85. The van der Waals surface area contributed by atoms with Crippen LogP contribution < -0.4 is 5.32 Å². The summed E-state index contributed by atoms with van der Waals surface area (Å²) in [6.07, 6.45) is 0. The highest BCUT2D eigenvalue weighted by Gasteiger charge is 2.14. The lowest BCUT2D eigenvalue weighted by atomic mass is 10.1. The fourth-order valence-electron chi connectivity index (χ4n) is 3.84. The molecule has 29 heavy (non-hydrogen) atoms. The molecule has 0 unspecified atom stereocenters. The van der Waals surface area contributed by atoms with Gasteiger partial charge in [0, 0.05) is 28.7 Å². The maximum Gasteiger partial charge on any atom is 0.251 e. The molecule has 1 amide bonds. The molecule has 2 heterocycles. The van der Waals surface area contributed by atoms with Gasteiger partial charge in [0.15, 0.2) is 0 Å². The molecule has 0 saturated heterocycles. The monoisotopic (exact) mass is 386 g/mol. The third kappa shape index (κ3) is 3.83. The molecule has 4 aromatic rings. The molecular formula is C25H26N2O2. The summed E-state index contributed by atoms with van der Waals surface area (Å²) in [4.78, 5) is 12.6. The van der Waals surface area contributed by atoms with Crippen LogP contribution in [0.1, 0.15) is 44.3 Å². The standard InChI is InChI=1S/C25H26N2O2/c1-16-6-5-7-20(12-16)15-27-19(4)18(3)23-13-21(9-11-24(23)27)25(28)26-14-22-10-8-17(2)29-22/h5-13H,14-15H2,1-4H3,(H,26,28). The van der Waals surface area contributed by atoms with Gasteiger partial charge in [-0.05, 0) is 69.2 Å². The van der Waals surface area contributed by atoms with Crippen LogP contribution in [0.15, 0.2) is 59.0 Å². The Bertz CT molecular complexity index is 1200. The summed E-state index contributed by atoms with van der Waals surface area (Å²) in [5.74, 6) is 1.51. The zero-order chi connectivity index (χ0) is 20.5. The van der Waals surface area contributed by atoms with Crippen molar-refractivity contribution in [1.82, 2.24) is 9.88 Å². The molecule has 148 valence electrons. The molecule has 0 spiro atoms. The van der Waals surface area contributed by atoms with Gasteiger partial charge in [-0.2, -0.15) is 0 Å². The number of furan rings is 1. The molecule has 0 bridgehead atoms. The third-order valence-electron chi connectivity index (χ3n) is 5.54. The summed E-state index contributed by atoms with van der Waals surface area (Å²) in [5.41, 5.74) is 6.80. The predicted molar refractivity (Wildman–Crippen MR) is 116 cm³/mol. The Morgan fingerprint density at radius 1 is 1.00 bits per heavy atom. The second-order valence-corrected chi connectivity index (χ2v) is 7.71. The van der Waals surface area contributed by atoms with E-state index >= 15 is 0 Å². The molecule has 1 N–H and O–H groups in total. The average molecular weight is 386 g/mol. The molecule has 0 aliphatic rings. The van der Waals surface area contributed by atoms with E-state index in [0.29, 0.717) is 12.1 Å². The molecule has 0 fully saturated rings. The Hall–Kier alpha value is -3.27. The van der Waals surface area contributed by atoms with Crippen molar-refractivity contribution in [2.75, 3.05) is 0 Å². The largest absolute Gasteiger partial charge is 0.465 e. The minimum atomic E-state index is -0.0931. The Morgan fingerprint density at radius 3 is 2.55 bits per heavy atom. The van der Waals surface area contributed by atoms with Gasteiger partial charge in [0.05, 0.1) is 6.54 Å². The van der Waals surface area contributed by atoms with Crippen molar-refractivity contribution >= 4 is 16.8 Å². The zero-order valence-electron chi connectivity index (χ0n) is 17.4. The van der Waals surface area contributed by atoms with Gasteiger partial charge in [0.25, 0.3) is 5.91 Å². The first-order valence-electron chi connectivity index (χ1n) is 9.91. The van der Waals surface area contributed by atoms with Gasteiger partial charge in [-0.15, -0.1) is 0 Å². The van der Waals surface area contributed by atoms with Crippen molar-refractivity contribution in [3.05, 3.63) is 94.1 Å². The average Bonchev–Trinajstić information content (AvgIpc) is 3.23. The van der Waals surface area contributed by atoms with Gasteiger partial charge in [-0.3, -0.25) is 4.79 Å². The van der Waals surface area contributed by atoms with Crippen LogP contribution >= 0.6 is 0 Å². The summed E-state index contributed by atoms with van der Waals surface area (Å²) in [5, 5.41) is 4.06. The maximum atomic E-state index is 12.6. The SMILES string of the molecule is Cc1cccc(Cn2c(C)c(C)c3cc(C(=O)NCc4ccc(C)o4)ccc32)c1. The number of aryl methyl sites for hydroxylation is 3. The first-order valence-corrected chi connectivity index (χ1v) is 9.91. The van der Waals surface area contributed by atoms with E-state index in [1.807, 2.05) is 31.2 Å². The second-order valence-electron chi connectivity index (χ2n) is 7.71. The molecule has 2 aromatic heterocycles. The number of benzene rings is 2. The van der Waals surface area contributed by atoms with E-state index in [1.54, 1.807) is 0 Å². The first-order chi connectivity index (χ1) is 13.9. The topological polar surface area (TPSA) is 47.2 Å². The van der Waals surface area contributed by atoms with Crippen LogP contribution in [0.25, 0.3) is 10.9 Å². The lowest BCUT2D eigenvalue weighted by Crippen LogP contribution is -2.22. The molecule has 2 aromatic carbocycles. The highest BCUT2D eigenvalue weighted by Crippen LogP contribution is 2.27. The number of carbonyl (C=O) groups is 1. The second kappa shape index (κ2) is 7.63. The van der Waals surface area contributed by atoms with E-state index < -0.39 is 0 Å². The number of rotatable bonds is 5. The van der Waals surface area contributed by atoms with Gasteiger partial charge < -0.3 is 14.3 Å². The van der Waals surface area contributed by atoms with Crippen molar-refractivity contribution in [3.63, 3.8) is 0 Å². The van der Waals surface area contributed by atoms with Gasteiger partial charge in [0.1, 0.15) is 11.5 Å². The lowest BCUT2D eigenvalue weighted by molar-refractivity contribution is 0.0948. The number of hydrogen-bond donors (Lipinski definition) is 1. The Kier molecular flexibility index (Phi) is 5.01. The van der Waals surface area contributed by atoms with E-state index in [9.17, 15) is 4.79 Å². The minimum Gasteiger partial charge on any atom is -0.465 e. The molecular weight excluding hydrogens is 360 g/mol. The van der Waals surface area contributed by atoms with E-state index in [1.165, 1.54) is 22.4 Å². The van der Waals surface area contributed by atoms with Gasteiger partial charge in [-0.25, -0.2) is 0 Å². The van der Waals surface area contributed by atoms with E-state index in [0.717, 1.165) is 29.0 Å².